The van der Waals surface area contributed by atoms with Gasteiger partial charge in [0.15, 0.2) is 0 Å². The van der Waals surface area contributed by atoms with Crippen LogP contribution in [0.1, 0.15) is 56.1 Å². The number of aryl methyl sites for hydroxylation is 2. The normalized spacial score (nSPS) is 20.8. The smallest absolute Gasteiger partial charge is 0.243 e. The summed E-state index contributed by atoms with van der Waals surface area (Å²) in [5, 5.41) is 3.18. The number of carbonyl (C=O) groups is 1. The fourth-order valence-corrected chi connectivity index (χ4v) is 5.83. The van der Waals surface area contributed by atoms with Crippen molar-refractivity contribution in [2.75, 3.05) is 13.1 Å². The Kier molecular flexibility index (Phi) is 6.03. The molecule has 2 fully saturated rings. The molecule has 1 aliphatic heterocycles. The van der Waals surface area contributed by atoms with E-state index in [1.165, 1.54) is 19.3 Å². The van der Waals surface area contributed by atoms with Crippen LogP contribution in [0.15, 0.2) is 23.1 Å². The molecule has 1 amide bonds. The van der Waals surface area contributed by atoms with Crippen molar-refractivity contribution in [2.24, 2.45) is 5.92 Å². The molecule has 1 aliphatic carbocycles. The van der Waals surface area contributed by atoms with Gasteiger partial charge in [0.25, 0.3) is 0 Å². The van der Waals surface area contributed by atoms with Crippen molar-refractivity contribution in [3.05, 3.63) is 29.3 Å². The summed E-state index contributed by atoms with van der Waals surface area (Å²) in [5.74, 6) is 0.0441. The number of rotatable bonds is 4. The molecular weight excluding hydrogens is 348 g/mol. The van der Waals surface area contributed by atoms with Crippen LogP contribution in [0.25, 0.3) is 0 Å². The monoisotopic (exact) mass is 378 g/mol. The molecule has 0 unspecified atom stereocenters. The molecule has 2 aliphatic rings. The molecule has 0 atom stereocenters. The average molecular weight is 379 g/mol. The fourth-order valence-electron chi connectivity index (χ4n) is 4.05. The number of hydrogen-bond acceptors (Lipinski definition) is 3. The minimum absolute atomic E-state index is 0.0676. The molecule has 1 saturated heterocycles. The third-order valence-electron chi connectivity index (χ3n) is 5.74. The summed E-state index contributed by atoms with van der Waals surface area (Å²) in [6, 6.07) is 5.84. The Morgan fingerprint density at radius 1 is 1.04 bits per heavy atom. The van der Waals surface area contributed by atoms with Gasteiger partial charge >= 0.3 is 0 Å². The van der Waals surface area contributed by atoms with Gasteiger partial charge in [0.05, 0.1) is 4.90 Å². The van der Waals surface area contributed by atoms with Gasteiger partial charge < -0.3 is 5.32 Å². The topological polar surface area (TPSA) is 66.5 Å². The van der Waals surface area contributed by atoms with Crippen LogP contribution in [0.4, 0.5) is 0 Å². The maximum atomic E-state index is 13.0. The van der Waals surface area contributed by atoms with Crippen LogP contribution in [-0.4, -0.2) is 37.8 Å². The summed E-state index contributed by atoms with van der Waals surface area (Å²) in [5.41, 5.74) is 1.71. The first-order valence-corrected chi connectivity index (χ1v) is 11.2. The number of nitrogens with one attached hydrogen (secondary N) is 1. The second-order valence-corrected chi connectivity index (χ2v) is 9.70. The number of benzene rings is 1. The van der Waals surface area contributed by atoms with Gasteiger partial charge in [-0.25, -0.2) is 8.42 Å². The standard InChI is InChI=1S/C20H30N2O3S/c1-15-8-9-16(2)19(14-15)26(24,25)22-12-10-17(11-13-22)20(23)21-18-6-4-3-5-7-18/h8-9,14,17-18H,3-7,10-13H2,1-2H3,(H,21,23). The average Bonchev–Trinajstić information content (AvgIpc) is 2.64. The van der Waals surface area contributed by atoms with E-state index in [9.17, 15) is 13.2 Å². The van der Waals surface area contributed by atoms with Crippen LogP contribution >= 0.6 is 0 Å². The molecule has 0 radical (unpaired) electrons. The quantitative estimate of drug-likeness (QED) is 0.875. The Labute approximate surface area is 157 Å². The van der Waals surface area contributed by atoms with Gasteiger partial charge in [-0.15, -0.1) is 0 Å². The second kappa shape index (κ2) is 8.09. The Morgan fingerprint density at radius 3 is 2.35 bits per heavy atom. The van der Waals surface area contributed by atoms with Gasteiger partial charge in [0, 0.05) is 25.0 Å². The molecule has 5 nitrogen and oxygen atoms in total. The van der Waals surface area contributed by atoms with Crippen LogP contribution in [0.3, 0.4) is 0 Å². The van der Waals surface area contributed by atoms with Crippen molar-refractivity contribution < 1.29 is 13.2 Å². The van der Waals surface area contributed by atoms with Gasteiger partial charge in [-0.2, -0.15) is 4.31 Å². The fraction of sp³-hybridized carbons (Fsp3) is 0.650. The molecule has 1 N–H and O–H groups in total. The third kappa shape index (κ3) is 4.29. The first-order chi connectivity index (χ1) is 12.4. The lowest BCUT2D eigenvalue weighted by Crippen LogP contribution is -2.45. The summed E-state index contributed by atoms with van der Waals surface area (Å²) in [7, 11) is -3.49. The molecule has 1 saturated carbocycles. The maximum Gasteiger partial charge on any atom is 0.243 e. The van der Waals surface area contributed by atoms with E-state index in [1.807, 2.05) is 26.0 Å². The molecule has 144 valence electrons. The van der Waals surface area contributed by atoms with Crippen LogP contribution < -0.4 is 5.32 Å². The minimum Gasteiger partial charge on any atom is -0.353 e. The number of nitrogens with zero attached hydrogens (tertiary/aromatic N) is 1. The predicted molar refractivity (Wildman–Crippen MR) is 102 cm³/mol. The summed E-state index contributed by atoms with van der Waals surface area (Å²) in [4.78, 5) is 12.9. The number of piperidine rings is 1. The molecular formula is C20H30N2O3S. The summed E-state index contributed by atoms with van der Waals surface area (Å²) in [6.07, 6.45) is 7.00. The van der Waals surface area contributed by atoms with E-state index >= 15 is 0 Å². The highest BCUT2D eigenvalue weighted by Gasteiger charge is 2.33. The molecule has 0 bridgehead atoms. The van der Waals surface area contributed by atoms with E-state index in [-0.39, 0.29) is 11.8 Å². The molecule has 1 aromatic rings. The van der Waals surface area contributed by atoms with E-state index in [4.69, 9.17) is 0 Å². The largest absolute Gasteiger partial charge is 0.353 e. The van der Waals surface area contributed by atoms with Crippen molar-refractivity contribution in [2.45, 2.75) is 69.7 Å². The molecule has 1 heterocycles. The van der Waals surface area contributed by atoms with Crippen molar-refractivity contribution >= 4 is 15.9 Å². The van der Waals surface area contributed by atoms with E-state index in [0.29, 0.717) is 36.9 Å². The Balaban J connectivity index is 1.60. The zero-order chi connectivity index (χ0) is 18.7. The van der Waals surface area contributed by atoms with Gasteiger partial charge in [-0.1, -0.05) is 31.4 Å². The molecule has 1 aromatic carbocycles. The van der Waals surface area contributed by atoms with Crippen LogP contribution in [0, 0.1) is 19.8 Å². The maximum absolute atomic E-state index is 13.0. The van der Waals surface area contributed by atoms with Crippen LogP contribution in [0.2, 0.25) is 0 Å². The third-order valence-corrected chi connectivity index (χ3v) is 7.78. The molecule has 0 aromatic heterocycles. The first-order valence-electron chi connectivity index (χ1n) is 9.75. The van der Waals surface area contributed by atoms with E-state index < -0.39 is 10.0 Å². The number of sulfonamides is 1. The number of hydrogen-bond donors (Lipinski definition) is 1. The highest BCUT2D eigenvalue weighted by molar-refractivity contribution is 7.89. The predicted octanol–water partition coefficient (Wildman–Crippen LogP) is 3.15. The van der Waals surface area contributed by atoms with E-state index in [2.05, 4.69) is 5.32 Å². The van der Waals surface area contributed by atoms with Crippen molar-refractivity contribution in [1.82, 2.24) is 9.62 Å². The SMILES string of the molecule is Cc1ccc(C)c(S(=O)(=O)N2CCC(C(=O)NC3CCCCC3)CC2)c1. The lowest BCUT2D eigenvalue weighted by Gasteiger charge is -2.32. The van der Waals surface area contributed by atoms with Crippen LogP contribution in [-0.2, 0) is 14.8 Å². The second-order valence-electron chi connectivity index (χ2n) is 7.79. The molecule has 6 heteroatoms. The lowest BCUT2D eigenvalue weighted by atomic mass is 9.93. The summed E-state index contributed by atoms with van der Waals surface area (Å²) >= 11 is 0. The summed E-state index contributed by atoms with van der Waals surface area (Å²) < 4.78 is 27.5. The van der Waals surface area contributed by atoms with Crippen molar-refractivity contribution in [1.29, 1.82) is 0 Å². The van der Waals surface area contributed by atoms with Gasteiger partial charge in [-0.3, -0.25) is 4.79 Å². The van der Waals surface area contributed by atoms with Crippen LogP contribution in [0.5, 0.6) is 0 Å². The zero-order valence-corrected chi connectivity index (χ0v) is 16.6. The molecule has 3 rings (SSSR count). The van der Waals surface area contributed by atoms with E-state index in [0.717, 1.165) is 24.0 Å². The van der Waals surface area contributed by atoms with E-state index in [1.54, 1.807) is 10.4 Å². The highest BCUT2D eigenvalue weighted by Crippen LogP contribution is 2.27. The zero-order valence-electron chi connectivity index (χ0n) is 15.8. The van der Waals surface area contributed by atoms with Gasteiger partial charge in [0.2, 0.25) is 15.9 Å². The Bertz CT molecular complexity index is 746. The van der Waals surface area contributed by atoms with Crippen molar-refractivity contribution in [3.63, 3.8) is 0 Å². The van der Waals surface area contributed by atoms with Gasteiger partial charge in [-0.05, 0) is 56.7 Å². The highest BCUT2D eigenvalue weighted by atomic mass is 32.2. The minimum atomic E-state index is -3.49. The van der Waals surface area contributed by atoms with Gasteiger partial charge in [0.1, 0.15) is 0 Å². The molecule has 0 spiro atoms. The number of amides is 1. The molecule has 26 heavy (non-hydrogen) atoms. The Morgan fingerprint density at radius 2 is 1.69 bits per heavy atom. The van der Waals surface area contributed by atoms with Crippen molar-refractivity contribution in [3.8, 4) is 0 Å². The summed E-state index contributed by atoms with van der Waals surface area (Å²) in [6.45, 7) is 4.56. The number of carbonyl (C=O) groups excluding carboxylic acids is 1. The Hall–Kier alpha value is -1.40. The lowest BCUT2D eigenvalue weighted by molar-refractivity contribution is -0.127. The first kappa shape index (κ1) is 19.4.